The van der Waals surface area contributed by atoms with E-state index < -0.39 is 0 Å². The molecule has 1 atom stereocenters. The number of likely N-dealkylation sites (N-methyl/N-ethyl adjacent to an activating group) is 1. The van der Waals surface area contributed by atoms with Crippen LogP contribution in [0.25, 0.3) is 0 Å². The molecule has 0 N–H and O–H groups in total. The zero-order chi connectivity index (χ0) is 18.7. The topological polar surface area (TPSA) is 62.2 Å². The third-order valence-corrected chi connectivity index (χ3v) is 5.30. The van der Waals surface area contributed by atoms with Crippen LogP contribution in [0.2, 0.25) is 0 Å². The monoisotopic (exact) mass is 371 g/mol. The van der Waals surface area contributed by atoms with Gasteiger partial charge in [0.25, 0.3) is 5.91 Å². The van der Waals surface area contributed by atoms with Gasteiger partial charge in [-0.2, -0.15) is 5.10 Å². The van der Waals surface area contributed by atoms with Crippen LogP contribution in [0.15, 0.2) is 46.9 Å². The van der Waals surface area contributed by atoms with Gasteiger partial charge in [0.05, 0.1) is 23.7 Å². The molecule has 0 saturated heterocycles. The van der Waals surface area contributed by atoms with E-state index in [9.17, 15) is 9.59 Å². The number of carbonyl (C=O) groups excluding carboxylic acids is 2. The molecule has 1 aliphatic rings. The van der Waals surface area contributed by atoms with Gasteiger partial charge < -0.3 is 9.64 Å². The third kappa shape index (κ3) is 3.77. The molecule has 0 spiro atoms. The molecule has 0 bridgehead atoms. The molecule has 2 heterocycles. The lowest BCUT2D eigenvalue weighted by atomic mass is 10.0. The highest BCUT2D eigenvalue weighted by molar-refractivity contribution is 7.12. The first-order valence-electron chi connectivity index (χ1n) is 8.28. The van der Waals surface area contributed by atoms with Gasteiger partial charge in [-0.3, -0.25) is 9.59 Å². The van der Waals surface area contributed by atoms with Gasteiger partial charge >= 0.3 is 0 Å². The van der Waals surface area contributed by atoms with Crippen LogP contribution in [0.4, 0.5) is 0 Å². The van der Waals surface area contributed by atoms with Crippen LogP contribution in [0.3, 0.4) is 0 Å². The molecule has 0 unspecified atom stereocenters. The zero-order valence-electron chi connectivity index (χ0n) is 15.0. The fraction of sp³-hybridized carbons (Fsp3) is 0.316. The minimum Gasteiger partial charge on any atom is -0.497 e. The van der Waals surface area contributed by atoms with Crippen molar-refractivity contribution in [2.75, 3.05) is 20.7 Å². The molecule has 3 rings (SSSR count). The van der Waals surface area contributed by atoms with Crippen LogP contribution < -0.4 is 4.74 Å². The van der Waals surface area contributed by atoms with E-state index in [2.05, 4.69) is 5.10 Å². The van der Waals surface area contributed by atoms with Crippen molar-refractivity contribution in [3.63, 3.8) is 0 Å². The van der Waals surface area contributed by atoms with Crippen LogP contribution in [0.5, 0.6) is 5.75 Å². The van der Waals surface area contributed by atoms with Gasteiger partial charge in [0.15, 0.2) is 0 Å². The van der Waals surface area contributed by atoms with E-state index in [1.54, 1.807) is 25.5 Å². The van der Waals surface area contributed by atoms with E-state index in [0.29, 0.717) is 6.42 Å². The van der Waals surface area contributed by atoms with Gasteiger partial charge in [-0.15, -0.1) is 11.3 Å². The molecular formula is C19H21N3O3S. The van der Waals surface area contributed by atoms with E-state index in [-0.39, 0.29) is 24.4 Å². The van der Waals surface area contributed by atoms with Gasteiger partial charge in [-0.05, 0) is 29.1 Å². The summed E-state index contributed by atoms with van der Waals surface area (Å²) in [6, 6.07) is 11.4. The molecule has 0 saturated carbocycles. The van der Waals surface area contributed by atoms with Gasteiger partial charge in [-0.1, -0.05) is 18.2 Å². The van der Waals surface area contributed by atoms with E-state index in [4.69, 9.17) is 4.74 Å². The van der Waals surface area contributed by atoms with Crippen LogP contribution in [-0.4, -0.2) is 48.1 Å². The summed E-state index contributed by atoms with van der Waals surface area (Å²) in [4.78, 5) is 26.7. The predicted molar refractivity (Wildman–Crippen MR) is 101 cm³/mol. The second-order valence-corrected chi connectivity index (χ2v) is 7.08. The van der Waals surface area contributed by atoms with E-state index in [1.807, 2.05) is 41.8 Å². The molecule has 1 aliphatic heterocycles. The van der Waals surface area contributed by atoms with Gasteiger partial charge in [0, 0.05) is 20.4 Å². The first kappa shape index (κ1) is 18.1. The molecule has 1 aromatic carbocycles. The smallest absolute Gasteiger partial charge is 0.262 e. The predicted octanol–water partition coefficient (Wildman–Crippen LogP) is 2.91. The lowest BCUT2D eigenvalue weighted by Crippen LogP contribution is -2.38. The lowest BCUT2D eigenvalue weighted by Gasteiger charge is -2.24. The number of carbonyl (C=O) groups is 2. The van der Waals surface area contributed by atoms with Crippen molar-refractivity contribution in [2.45, 2.75) is 19.4 Å². The molecular weight excluding hydrogens is 350 g/mol. The van der Waals surface area contributed by atoms with Crippen molar-refractivity contribution in [2.24, 2.45) is 5.10 Å². The summed E-state index contributed by atoms with van der Waals surface area (Å²) in [6.07, 6.45) is 0.641. The van der Waals surface area contributed by atoms with Crippen molar-refractivity contribution in [3.8, 4) is 5.75 Å². The Kier molecular flexibility index (Phi) is 5.37. The summed E-state index contributed by atoms with van der Waals surface area (Å²) < 4.78 is 5.21. The maximum Gasteiger partial charge on any atom is 0.262 e. The van der Waals surface area contributed by atoms with Gasteiger partial charge in [0.2, 0.25) is 5.91 Å². The Balaban J connectivity index is 1.88. The van der Waals surface area contributed by atoms with E-state index in [1.165, 1.54) is 16.8 Å². The number of rotatable bonds is 5. The normalized spacial score (nSPS) is 16.3. The summed E-state index contributed by atoms with van der Waals surface area (Å²) in [7, 11) is 3.23. The molecule has 6 nitrogen and oxygen atoms in total. The average Bonchev–Trinajstić information content (AvgIpc) is 3.31. The van der Waals surface area contributed by atoms with Crippen molar-refractivity contribution in [1.82, 2.24) is 9.91 Å². The minimum absolute atomic E-state index is 0.00318. The summed E-state index contributed by atoms with van der Waals surface area (Å²) in [6.45, 7) is 1.45. The number of nitrogens with zero attached hydrogens (tertiary/aromatic N) is 3. The number of thiophene rings is 1. The largest absolute Gasteiger partial charge is 0.497 e. The Bertz CT molecular complexity index is 815. The Morgan fingerprint density at radius 1 is 1.31 bits per heavy atom. The summed E-state index contributed by atoms with van der Waals surface area (Å²) >= 11 is 1.60. The summed E-state index contributed by atoms with van der Waals surface area (Å²) in [5, 5.41) is 8.09. The molecule has 7 heteroatoms. The fourth-order valence-electron chi connectivity index (χ4n) is 2.80. The van der Waals surface area contributed by atoms with E-state index in [0.717, 1.165) is 21.9 Å². The first-order chi connectivity index (χ1) is 12.5. The second-order valence-electron chi connectivity index (χ2n) is 6.13. The highest BCUT2D eigenvalue weighted by Crippen LogP contribution is 2.34. The average molecular weight is 371 g/mol. The molecule has 26 heavy (non-hydrogen) atoms. The summed E-state index contributed by atoms with van der Waals surface area (Å²) in [5.74, 6) is 0.413. The molecule has 2 aromatic rings. The minimum atomic E-state index is -0.199. The Hall–Kier alpha value is -2.67. The van der Waals surface area contributed by atoms with Crippen LogP contribution >= 0.6 is 11.3 Å². The summed E-state index contributed by atoms with van der Waals surface area (Å²) in [5.41, 5.74) is 1.87. The first-order valence-corrected chi connectivity index (χ1v) is 9.16. The van der Waals surface area contributed by atoms with Crippen molar-refractivity contribution >= 4 is 28.9 Å². The fourth-order valence-corrected chi connectivity index (χ4v) is 3.53. The van der Waals surface area contributed by atoms with Crippen LogP contribution in [0.1, 0.15) is 29.8 Å². The van der Waals surface area contributed by atoms with E-state index >= 15 is 0 Å². The molecule has 0 aliphatic carbocycles. The highest BCUT2D eigenvalue weighted by Gasteiger charge is 2.33. The zero-order valence-corrected chi connectivity index (χ0v) is 15.8. The third-order valence-electron chi connectivity index (χ3n) is 4.38. The Labute approximate surface area is 156 Å². The van der Waals surface area contributed by atoms with Gasteiger partial charge in [-0.25, -0.2) is 5.01 Å². The van der Waals surface area contributed by atoms with Gasteiger partial charge in [0.1, 0.15) is 12.3 Å². The number of benzene rings is 1. The number of ether oxygens (including phenoxy) is 1. The molecule has 136 valence electrons. The van der Waals surface area contributed by atoms with Crippen LogP contribution in [-0.2, 0) is 9.59 Å². The number of amides is 2. The molecule has 2 amide bonds. The maximum atomic E-state index is 12.8. The number of hydrogen-bond donors (Lipinski definition) is 0. The number of methoxy groups -OCH3 is 1. The quantitative estimate of drug-likeness (QED) is 0.812. The van der Waals surface area contributed by atoms with Crippen LogP contribution in [0, 0.1) is 0 Å². The molecule has 0 fully saturated rings. The van der Waals surface area contributed by atoms with Crippen molar-refractivity contribution in [1.29, 1.82) is 0 Å². The molecule has 1 aromatic heterocycles. The standard InChI is InChI=1S/C19H21N3O3S/c1-13(23)21(2)12-19(24)22-17(14-6-8-15(25-3)9-7-14)11-16(20-22)18-5-4-10-26-18/h4-10,17H,11-12H2,1-3H3/t17-/m0/s1. The van der Waals surface area contributed by atoms with Crippen molar-refractivity contribution in [3.05, 3.63) is 52.2 Å². The maximum absolute atomic E-state index is 12.8. The van der Waals surface area contributed by atoms with Crippen molar-refractivity contribution < 1.29 is 14.3 Å². The number of hydrogen-bond acceptors (Lipinski definition) is 5. The lowest BCUT2D eigenvalue weighted by molar-refractivity contribution is -0.139. The Morgan fingerprint density at radius 2 is 2.04 bits per heavy atom. The second kappa shape index (κ2) is 7.70. The highest BCUT2D eigenvalue weighted by atomic mass is 32.1. The molecule has 0 radical (unpaired) electrons. The Morgan fingerprint density at radius 3 is 2.62 bits per heavy atom. The number of hydrazone groups is 1. The SMILES string of the molecule is COc1ccc([C@@H]2CC(c3cccs3)=NN2C(=O)CN(C)C(C)=O)cc1.